The largest absolute Gasteiger partial charge is 0.354 e. The van der Waals surface area contributed by atoms with Crippen molar-refractivity contribution in [2.75, 3.05) is 0 Å². The van der Waals surface area contributed by atoms with Gasteiger partial charge in [0.2, 0.25) is 0 Å². The number of nitrogens with one attached hydrogen (secondary N) is 2. The molecule has 5 aromatic carbocycles. The quantitative estimate of drug-likeness (QED) is 0.180. The summed E-state index contributed by atoms with van der Waals surface area (Å²) in [6, 6.07) is 69.0. The maximum absolute atomic E-state index is 5.76. The molecular formula is C75H37N5S10. The van der Waals surface area contributed by atoms with Gasteiger partial charge in [-0.15, -0.1) is 113 Å². The van der Waals surface area contributed by atoms with E-state index in [1.54, 1.807) is 56.7 Å². The first-order valence-corrected chi connectivity index (χ1v) is 37.6. The lowest BCUT2D eigenvalue weighted by molar-refractivity contribution is 1.38. The van der Waals surface area contributed by atoms with Gasteiger partial charge in [0.15, 0.2) is 0 Å². The Morgan fingerprint density at radius 1 is 0.222 bits per heavy atom. The summed E-state index contributed by atoms with van der Waals surface area (Å²) < 4.78 is 6.18. The third-order valence-electron chi connectivity index (χ3n) is 17.6. The minimum Gasteiger partial charge on any atom is -0.354 e. The van der Waals surface area contributed by atoms with Gasteiger partial charge in [-0.1, -0.05) is 30.3 Å². The van der Waals surface area contributed by atoms with Crippen LogP contribution in [-0.2, 0) is 0 Å². The first kappa shape index (κ1) is 51.2. The van der Waals surface area contributed by atoms with Gasteiger partial charge in [0.1, 0.15) is 0 Å². The molecular weight excluding hydrogens is 1290 g/mol. The summed E-state index contributed by atoms with van der Waals surface area (Å²) in [6.07, 6.45) is 0. The lowest BCUT2D eigenvalue weighted by Gasteiger charge is -2.02. The Balaban J connectivity index is 0.904. The molecule has 18 aromatic rings. The van der Waals surface area contributed by atoms with Crippen molar-refractivity contribution in [2.24, 2.45) is 0 Å². The maximum atomic E-state index is 5.76. The van der Waals surface area contributed by atoms with Crippen LogP contribution in [0.5, 0.6) is 0 Å². The summed E-state index contributed by atoms with van der Waals surface area (Å²) in [7, 11) is 0. The highest BCUT2D eigenvalue weighted by atomic mass is 32.1. The van der Waals surface area contributed by atoms with Gasteiger partial charge >= 0.3 is 0 Å². The van der Waals surface area contributed by atoms with Gasteiger partial charge in [0, 0.05) is 149 Å². The van der Waals surface area contributed by atoms with Gasteiger partial charge in [0.05, 0.1) is 34.2 Å². The van der Waals surface area contributed by atoms with E-state index in [-0.39, 0.29) is 0 Å². The number of thiophene rings is 10. The average Bonchev–Trinajstić information content (AvgIpc) is 1.84. The Kier molecular flexibility index (Phi) is 11.1. The third-order valence-corrected chi connectivity index (χ3v) is 28.4. The number of fused-ring (bicyclic) bond motifs is 30. The highest BCUT2D eigenvalue weighted by Crippen LogP contribution is 2.51. The molecule has 90 heavy (non-hydrogen) atoms. The van der Waals surface area contributed by atoms with E-state index in [0.717, 1.165) is 111 Å². The highest BCUT2D eigenvalue weighted by molar-refractivity contribution is 7.28. The van der Waals surface area contributed by atoms with Crippen molar-refractivity contribution in [3.8, 4) is 116 Å². The molecule has 21 rings (SSSR count). The van der Waals surface area contributed by atoms with Crippen molar-refractivity contribution in [3.05, 3.63) is 209 Å². The fourth-order valence-corrected chi connectivity index (χ4v) is 22.9. The van der Waals surface area contributed by atoms with Gasteiger partial charge in [-0.2, -0.15) is 0 Å². The topological polar surface area (TPSA) is 70.2 Å². The SMILES string of the molecule is c1csc(-c2cc3cc4c(cc3s2)-c2cc3nc(cc5[nH]c(cc6nc(cc7[nH]c(cc-4n2)c2cc4sc(-c8cccs8)cc4cc72)-c2cc4sc(-c7cccs7)cc4cc2-6)c2cc4sc(-c6cccs6)cc4cc52)-c2cc4sc(-c5cccs5)cc4cc2-3)c1. The molecule has 3 aliphatic heterocycles. The zero-order valence-corrected chi connectivity index (χ0v) is 54.8. The van der Waals surface area contributed by atoms with Crippen molar-refractivity contribution in [3.63, 3.8) is 0 Å². The zero-order valence-electron chi connectivity index (χ0n) is 46.6. The molecule has 0 unspecified atom stereocenters. The minimum atomic E-state index is 0.891. The van der Waals surface area contributed by atoms with E-state index in [1.165, 1.54) is 99.2 Å². The third kappa shape index (κ3) is 8.05. The van der Waals surface area contributed by atoms with Crippen LogP contribution in [0.4, 0.5) is 0 Å². The fraction of sp³-hybridized carbons (Fsp3) is 0. The molecule has 0 amide bonds. The summed E-state index contributed by atoms with van der Waals surface area (Å²) in [4.78, 5) is 38.1. The van der Waals surface area contributed by atoms with Crippen LogP contribution in [0.1, 0.15) is 0 Å². The number of rotatable bonds is 5. The molecule has 2 N–H and O–H groups in total. The van der Waals surface area contributed by atoms with Crippen LogP contribution in [0.2, 0.25) is 0 Å². The molecule has 16 heterocycles. The first-order chi connectivity index (χ1) is 44.4. The molecule has 5 nitrogen and oxygen atoms in total. The fourth-order valence-electron chi connectivity index (χ4n) is 13.4. The highest BCUT2D eigenvalue weighted by Gasteiger charge is 2.26. The number of hydrogen-bond donors (Lipinski definition) is 2. The second-order valence-corrected chi connectivity index (χ2v) is 33.0. The van der Waals surface area contributed by atoms with E-state index in [1.807, 2.05) is 56.7 Å². The number of H-pyrrole nitrogens is 2. The molecule has 0 saturated heterocycles. The van der Waals surface area contributed by atoms with Crippen LogP contribution in [-0.4, -0.2) is 24.9 Å². The average molecular weight is 1330 g/mol. The summed E-state index contributed by atoms with van der Waals surface area (Å²) in [5.41, 5.74) is 16.0. The van der Waals surface area contributed by atoms with E-state index in [4.69, 9.17) is 15.0 Å². The second kappa shape index (κ2) is 19.5. The molecule has 0 fully saturated rings. The first-order valence-electron chi connectivity index (χ1n) is 29.2. The van der Waals surface area contributed by atoms with Crippen molar-refractivity contribution >= 4 is 207 Å². The van der Waals surface area contributed by atoms with Gasteiger partial charge in [-0.3, -0.25) is 0 Å². The molecule has 0 saturated carbocycles. The number of aromatic nitrogens is 5. The molecule has 15 heteroatoms. The Morgan fingerprint density at radius 3 is 0.744 bits per heavy atom. The molecule has 3 aliphatic rings. The van der Waals surface area contributed by atoms with E-state index in [9.17, 15) is 0 Å². The summed E-state index contributed by atoms with van der Waals surface area (Å²) in [5, 5.41) is 21.5. The molecule has 0 spiro atoms. The normalized spacial score (nSPS) is 12.4. The number of benzene rings is 5. The molecule has 13 aromatic heterocycles. The standard InChI is InChI=1S/C75H37N5S10/c1-6-61(81-11-1)71-21-36-16-41-46(26-66(36)86-71)56-32-52-42-17-37-22-72(62-7-2-12-82-62)88-68(37)28-48(42)58(77-52)34-54-44-19-39-24-74(64-9-4-14-84-64)90-70(39)30-50(44)60(79-54)35-55-45-20-40-25-75(65-10-5-15-85-65)89-69(40)29-49(45)59(80-55)33-53-43-18-38-23-73(63-8-3-13-83-63)87-67(38)27-47(43)57(78-53)31-51(41)76-56/h1-35,76,79H. The van der Waals surface area contributed by atoms with Crippen molar-refractivity contribution < 1.29 is 0 Å². The Bertz CT molecular complexity index is 5970. The van der Waals surface area contributed by atoms with Gasteiger partial charge < -0.3 is 9.97 Å². The van der Waals surface area contributed by atoms with E-state index < -0.39 is 0 Å². The Labute approximate surface area is 552 Å². The molecule has 0 atom stereocenters. The van der Waals surface area contributed by atoms with Crippen molar-refractivity contribution in [1.82, 2.24) is 24.9 Å². The van der Waals surface area contributed by atoms with Gasteiger partial charge in [-0.25, -0.2) is 15.0 Å². The van der Waals surface area contributed by atoms with Crippen LogP contribution in [0.15, 0.2) is 209 Å². The zero-order chi connectivity index (χ0) is 58.4. The summed E-state index contributed by atoms with van der Waals surface area (Å²) >= 11 is 18.2. The maximum Gasteiger partial charge on any atom is 0.0738 e. The summed E-state index contributed by atoms with van der Waals surface area (Å²) in [6.45, 7) is 0. The molecule has 10 bridgehead atoms. The van der Waals surface area contributed by atoms with Crippen LogP contribution < -0.4 is 0 Å². The predicted molar refractivity (Wildman–Crippen MR) is 398 cm³/mol. The van der Waals surface area contributed by atoms with Crippen LogP contribution >= 0.6 is 113 Å². The number of hydrogen-bond acceptors (Lipinski definition) is 13. The second-order valence-electron chi connectivity index (χ2n) is 22.9. The van der Waals surface area contributed by atoms with Crippen LogP contribution in [0, 0.1) is 0 Å². The van der Waals surface area contributed by atoms with Crippen molar-refractivity contribution in [2.45, 2.75) is 0 Å². The van der Waals surface area contributed by atoms with Crippen LogP contribution in [0.25, 0.3) is 210 Å². The smallest absolute Gasteiger partial charge is 0.0738 e. The van der Waals surface area contributed by atoms with Crippen molar-refractivity contribution in [1.29, 1.82) is 0 Å². The molecule has 0 radical (unpaired) electrons. The Morgan fingerprint density at radius 2 is 0.467 bits per heavy atom. The Hall–Kier alpha value is -8.55. The van der Waals surface area contributed by atoms with Gasteiger partial charge in [0.25, 0.3) is 0 Å². The van der Waals surface area contributed by atoms with E-state index in [2.05, 4.69) is 219 Å². The van der Waals surface area contributed by atoms with E-state index in [0.29, 0.717) is 0 Å². The number of aromatic amines is 2. The lowest BCUT2D eigenvalue weighted by atomic mass is 10.00. The summed E-state index contributed by atoms with van der Waals surface area (Å²) in [5.74, 6) is 0. The van der Waals surface area contributed by atoms with E-state index >= 15 is 0 Å². The monoisotopic (exact) mass is 1330 g/mol. The predicted octanol–water partition coefficient (Wildman–Crippen LogP) is 26.2. The minimum absolute atomic E-state index is 0.891. The van der Waals surface area contributed by atoms with Gasteiger partial charge in [-0.05, 0) is 205 Å². The number of nitrogens with zero attached hydrogens (tertiary/aromatic N) is 3. The van der Waals surface area contributed by atoms with Crippen LogP contribution in [0.3, 0.4) is 0 Å². The molecule has 422 valence electrons. The lowest BCUT2D eigenvalue weighted by Crippen LogP contribution is -1.79. The molecule has 0 aliphatic carbocycles.